The van der Waals surface area contributed by atoms with E-state index in [0.29, 0.717) is 13.1 Å². The number of nitrogens with one attached hydrogen (secondary N) is 1. The fourth-order valence-corrected chi connectivity index (χ4v) is 1.74. The molecule has 0 radical (unpaired) electrons. The van der Waals surface area contributed by atoms with Crippen LogP contribution in [-0.2, 0) is 0 Å². The van der Waals surface area contributed by atoms with Crippen LogP contribution in [0.3, 0.4) is 0 Å². The largest absolute Gasteiger partial charge is 0.335 e. The molecule has 1 N–H and O–H groups in total. The molecular formula is C9H13N5O3. The molecule has 8 heteroatoms. The molecule has 2 rings (SSSR count). The van der Waals surface area contributed by atoms with Crippen LogP contribution in [0.4, 0.5) is 5.69 Å². The van der Waals surface area contributed by atoms with E-state index in [-0.39, 0.29) is 17.3 Å². The first-order valence-corrected chi connectivity index (χ1v) is 5.25. The highest BCUT2D eigenvalue weighted by Crippen LogP contribution is 2.17. The van der Waals surface area contributed by atoms with E-state index in [1.807, 2.05) is 7.05 Å². The molecule has 2 heterocycles. The van der Waals surface area contributed by atoms with Crippen molar-refractivity contribution in [1.82, 2.24) is 20.0 Å². The van der Waals surface area contributed by atoms with Gasteiger partial charge in [-0.25, -0.2) is 0 Å². The van der Waals surface area contributed by atoms with Crippen molar-refractivity contribution in [3.05, 3.63) is 22.0 Å². The van der Waals surface area contributed by atoms with E-state index in [1.165, 1.54) is 0 Å². The number of carbonyl (C=O) groups excluding carboxylic acids is 1. The second kappa shape index (κ2) is 4.50. The van der Waals surface area contributed by atoms with Crippen LogP contribution in [0.25, 0.3) is 0 Å². The first-order valence-electron chi connectivity index (χ1n) is 5.25. The molecule has 1 aliphatic heterocycles. The molecule has 0 saturated carbocycles. The number of likely N-dealkylation sites (N-methyl/N-ethyl adjacent to an activating group) is 1. The topological polar surface area (TPSA) is 95.4 Å². The summed E-state index contributed by atoms with van der Waals surface area (Å²) in [6.07, 6.45) is 1.06. The van der Waals surface area contributed by atoms with E-state index in [1.54, 1.807) is 4.90 Å². The van der Waals surface area contributed by atoms with Gasteiger partial charge in [0.05, 0.1) is 4.92 Å². The number of aromatic amines is 1. The Morgan fingerprint density at radius 3 is 2.71 bits per heavy atom. The van der Waals surface area contributed by atoms with Crippen molar-refractivity contribution in [1.29, 1.82) is 0 Å². The molecule has 8 nitrogen and oxygen atoms in total. The minimum absolute atomic E-state index is 0.0421. The Balaban J connectivity index is 2.14. The van der Waals surface area contributed by atoms with Crippen LogP contribution in [-0.4, -0.2) is 64.1 Å². The summed E-state index contributed by atoms with van der Waals surface area (Å²) in [7, 11) is 1.97. The van der Waals surface area contributed by atoms with Crippen LogP contribution in [0.5, 0.6) is 0 Å². The van der Waals surface area contributed by atoms with Crippen molar-refractivity contribution in [3.8, 4) is 0 Å². The number of nitro groups is 1. The number of aromatic nitrogens is 2. The van der Waals surface area contributed by atoms with E-state index in [4.69, 9.17) is 0 Å². The van der Waals surface area contributed by atoms with Crippen molar-refractivity contribution >= 4 is 11.6 Å². The summed E-state index contributed by atoms with van der Waals surface area (Å²) >= 11 is 0. The van der Waals surface area contributed by atoms with Gasteiger partial charge in [0, 0.05) is 26.2 Å². The fraction of sp³-hybridized carbons (Fsp3) is 0.556. The van der Waals surface area contributed by atoms with Gasteiger partial charge < -0.3 is 9.80 Å². The summed E-state index contributed by atoms with van der Waals surface area (Å²) < 4.78 is 0. The van der Waals surface area contributed by atoms with E-state index in [2.05, 4.69) is 15.1 Å². The van der Waals surface area contributed by atoms with Crippen molar-refractivity contribution in [2.24, 2.45) is 0 Å². The monoisotopic (exact) mass is 239 g/mol. The van der Waals surface area contributed by atoms with Crippen molar-refractivity contribution in [2.75, 3.05) is 33.2 Å². The van der Waals surface area contributed by atoms with Gasteiger partial charge in [-0.3, -0.25) is 20.0 Å². The SMILES string of the molecule is CN1CCN(C(=O)c2[nH]ncc2[N+](=O)[O-])CC1. The maximum absolute atomic E-state index is 12.0. The summed E-state index contributed by atoms with van der Waals surface area (Å²) in [4.78, 5) is 25.8. The third-order valence-electron chi connectivity index (χ3n) is 2.82. The standard InChI is InChI=1S/C9H13N5O3/c1-12-2-4-13(5-3-12)9(15)8-7(14(16)17)6-10-11-8/h6H,2-5H2,1H3,(H,10,11). The molecule has 1 aromatic rings. The Morgan fingerprint density at radius 1 is 1.47 bits per heavy atom. The van der Waals surface area contributed by atoms with Gasteiger partial charge in [-0.2, -0.15) is 5.10 Å². The summed E-state index contributed by atoms with van der Waals surface area (Å²) in [5, 5.41) is 16.6. The first-order chi connectivity index (χ1) is 8.09. The molecule has 1 aliphatic rings. The summed E-state index contributed by atoms with van der Waals surface area (Å²) in [6.45, 7) is 2.69. The zero-order valence-corrected chi connectivity index (χ0v) is 9.42. The Hall–Kier alpha value is -1.96. The van der Waals surface area contributed by atoms with Crippen molar-refractivity contribution in [3.63, 3.8) is 0 Å². The fourth-order valence-electron chi connectivity index (χ4n) is 1.74. The number of rotatable bonds is 2. The van der Waals surface area contributed by atoms with Crippen LogP contribution in [0, 0.1) is 10.1 Å². The van der Waals surface area contributed by atoms with E-state index in [9.17, 15) is 14.9 Å². The lowest BCUT2D eigenvalue weighted by atomic mass is 10.2. The van der Waals surface area contributed by atoms with Crippen LogP contribution in [0.15, 0.2) is 6.20 Å². The van der Waals surface area contributed by atoms with Gasteiger partial charge in [0.1, 0.15) is 6.20 Å². The number of nitrogens with zero attached hydrogens (tertiary/aromatic N) is 4. The molecule has 92 valence electrons. The third-order valence-corrected chi connectivity index (χ3v) is 2.82. The Labute approximate surface area is 97.3 Å². The lowest BCUT2D eigenvalue weighted by molar-refractivity contribution is -0.385. The summed E-state index contributed by atoms with van der Waals surface area (Å²) in [5.74, 6) is -0.359. The molecule has 0 unspecified atom stereocenters. The second-order valence-corrected chi connectivity index (χ2v) is 3.98. The minimum Gasteiger partial charge on any atom is -0.335 e. The Bertz CT molecular complexity index is 436. The molecule has 0 bridgehead atoms. The van der Waals surface area contributed by atoms with E-state index < -0.39 is 4.92 Å². The highest BCUT2D eigenvalue weighted by molar-refractivity contribution is 5.96. The van der Waals surface area contributed by atoms with Gasteiger partial charge in [0.15, 0.2) is 0 Å². The second-order valence-electron chi connectivity index (χ2n) is 3.98. The smallest absolute Gasteiger partial charge is 0.319 e. The molecule has 0 atom stereocenters. The number of piperazine rings is 1. The normalized spacial score (nSPS) is 17.1. The number of hydrogen-bond acceptors (Lipinski definition) is 5. The summed E-state index contributed by atoms with van der Waals surface area (Å²) in [6, 6.07) is 0. The molecule has 1 amide bonds. The zero-order chi connectivity index (χ0) is 12.4. The van der Waals surface area contributed by atoms with Gasteiger partial charge in [0.2, 0.25) is 5.69 Å². The highest BCUT2D eigenvalue weighted by Gasteiger charge is 2.28. The molecule has 1 aromatic heterocycles. The quantitative estimate of drug-likeness (QED) is 0.565. The molecule has 1 fully saturated rings. The average molecular weight is 239 g/mol. The maximum Gasteiger partial charge on any atom is 0.319 e. The van der Waals surface area contributed by atoms with Crippen LogP contribution >= 0.6 is 0 Å². The average Bonchev–Trinajstić information content (AvgIpc) is 2.78. The van der Waals surface area contributed by atoms with E-state index in [0.717, 1.165) is 19.3 Å². The Kier molecular flexibility index (Phi) is 3.05. The number of amides is 1. The molecule has 0 aromatic carbocycles. The lowest BCUT2D eigenvalue weighted by Crippen LogP contribution is -2.47. The predicted octanol–water partition coefficient (Wildman–Crippen LogP) is -0.295. The van der Waals surface area contributed by atoms with Gasteiger partial charge in [-0.05, 0) is 7.05 Å². The maximum atomic E-state index is 12.0. The number of hydrogen-bond donors (Lipinski definition) is 1. The first kappa shape index (κ1) is 11.5. The van der Waals surface area contributed by atoms with Gasteiger partial charge >= 0.3 is 5.69 Å². The molecule has 0 spiro atoms. The van der Waals surface area contributed by atoms with E-state index >= 15 is 0 Å². The lowest BCUT2D eigenvalue weighted by Gasteiger charge is -2.31. The number of H-pyrrole nitrogens is 1. The van der Waals surface area contributed by atoms with Gasteiger partial charge in [-0.15, -0.1) is 0 Å². The van der Waals surface area contributed by atoms with Gasteiger partial charge in [0.25, 0.3) is 5.91 Å². The minimum atomic E-state index is -0.604. The highest BCUT2D eigenvalue weighted by atomic mass is 16.6. The van der Waals surface area contributed by atoms with Crippen LogP contribution in [0.1, 0.15) is 10.5 Å². The Morgan fingerprint density at radius 2 is 2.12 bits per heavy atom. The molecule has 17 heavy (non-hydrogen) atoms. The van der Waals surface area contributed by atoms with Crippen molar-refractivity contribution < 1.29 is 9.72 Å². The van der Waals surface area contributed by atoms with Crippen LogP contribution < -0.4 is 0 Å². The molecule has 1 saturated heterocycles. The predicted molar refractivity (Wildman–Crippen MR) is 58.6 cm³/mol. The van der Waals surface area contributed by atoms with Gasteiger partial charge in [-0.1, -0.05) is 0 Å². The summed E-state index contributed by atoms with van der Waals surface area (Å²) in [5.41, 5.74) is -0.312. The van der Waals surface area contributed by atoms with Crippen LogP contribution in [0.2, 0.25) is 0 Å². The third kappa shape index (κ3) is 2.26. The number of carbonyl (C=O) groups is 1. The molecular weight excluding hydrogens is 226 g/mol. The zero-order valence-electron chi connectivity index (χ0n) is 9.42. The van der Waals surface area contributed by atoms with Crippen molar-refractivity contribution in [2.45, 2.75) is 0 Å². The molecule has 0 aliphatic carbocycles.